The predicted molar refractivity (Wildman–Crippen MR) is 66.1 cm³/mol. The number of nitrogens with one attached hydrogen (secondary N) is 1. The fourth-order valence-electron chi connectivity index (χ4n) is 1.57. The van der Waals surface area contributed by atoms with Crippen LogP contribution >= 0.6 is 0 Å². The minimum Gasteiger partial charge on any atom is -0.347 e. The van der Waals surface area contributed by atoms with E-state index in [1.165, 1.54) is 6.07 Å². The Labute approximate surface area is 105 Å². The third-order valence-corrected chi connectivity index (χ3v) is 2.78. The lowest BCUT2D eigenvalue weighted by molar-refractivity contribution is 0.0897. The lowest BCUT2D eigenvalue weighted by atomic mass is 9.86. The molecule has 3 N–H and O–H groups in total. The molecule has 0 saturated heterocycles. The van der Waals surface area contributed by atoms with Crippen LogP contribution < -0.4 is 11.1 Å². The molecule has 1 atom stereocenters. The zero-order valence-corrected chi connectivity index (χ0v) is 10.8. The van der Waals surface area contributed by atoms with Gasteiger partial charge in [0.25, 0.3) is 5.91 Å². The number of halogens is 2. The number of carbonyl (C=O) groups is 1. The Bertz CT molecular complexity index is 421. The second-order valence-corrected chi connectivity index (χ2v) is 5.22. The van der Waals surface area contributed by atoms with E-state index in [-0.39, 0.29) is 18.0 Å². The quantitative estimate of drug-likeness (QED) is 0.869. The van der Waals surface area contributed by atoms with Crippen molar-refractivity contribution >= 4 is 5.91 Å². The van der Waals surface area contributed by atoms with Crippen LogP contribution in [0.4, 0.5) is 8.78 Å². The van der Waals surface area contributed by atoms with Crippen molar-refractivity contribution in [3.8, 4) is 0 Å². The first-order chi connectivity index (χ1) is 8.27. The number of hydrogen-bond acceptors (Lipinski definition) is 2. The van der Waals surface area contributed by atoms with Gasteiger partial charge in [-0.2, -0.15) is 0 Å². The summed E-state index contributed by atoms with van der Waals surface area (Å²) < 4.78 is 26.8. The fraction of sp³-hybridized carbons (Fsp3) is 0.462. The molecule has 0 spiro atoms. The largest absolute Gasteiger partial charge is 0.347 e. The van der Waals surface area contributed by atoms with Crippen molar-refractivity contribution < 1.29 is 13.6 Å². The molecule has 0 radical (unpaired) electrons. The monoisotopic (exact) mass is 256 g/mol. The summed E-state index contributed by atoms with van der Waals surface area (Å²) in [6, 6.07) is 2.95. The van der Waals surface area contributed by atoms with E-state index in [4.69, 9.17) is 5.73 Å². The summed E-state index contributed by atoms with van der Waals surface area (Å²) >= 11 is 0. The molecular weight excluding hydrogens is 238 g/mol. The maximum Gasteiger partial charge on any atom is 0.257 e. The first-order valence-corrected chi connectivity index (χ1v) is 5.72. The van der Waals surface area contributed by atoms with Crippen molar-refractivity contribution in [3.05, 3.63) is 35.4 Å². The Morgan fingerprint density at radius 3 is 2.22 bits per heavy atom. The first kappa shape index (κ1) is 14.6. The summed E-state index contributed by atoms with van der Waals surface area (Å²) in [5.74, 6) is -2.54. The van der Waals surface area contributed by atoms with E-state index < -0.39 is 23.1 Å². The van der Waals surface area contributed by atoms with Gasteiger partial charge in [0.15, 0.2) is 0 Å². The third-order valence-electron chi connectivity index (χ3n) is 2.78. The smallest absolute Gasteiger partial charge is 0.257 e. The van der Waals surface area contributed by atoms with Crippen LogP contribution in [0, 0.1) is 17.0 Å². The van der Waals surface area contributed by atoms with Crippen LogP contribution in [-0.4, -0.2) is 18.5 Å². The third kappa shape index (κ3) is 3.26. The van der Waals surface area contributed by atoms with Gasteiger partial charge in [-0.25, -0.2) is 8.78 Å². The highest BCUT2D eigenvalue weighted by atomic mass is 19.1. The number of nitrogens with two attached hydrogens (primary N) is 1. The van der Waals surface area contributed by atoms with Gasteiger partial charge in [0.1, 0.15) is 17.2 Å². The number of hydrogen-bond donors (Lipinski definition) is 2. The van der Waals surface area contributed by atoms with Crippen molar-refractivity contribution in [2.75, 3.05) is 6.54 Å². The van der Waals surface area contributed by atoms with Crippen LogP contribution in [0.1, 0.15) is 31.1 Å². The Balaban J connectivity index is 2.95. The molecule has 1 rings (SSSR count). The molecule has 3 nitrogen and oxygen atoms in total. The maximum atomic E-state index is 13.4. The molecule has 1 aromatic carbocycles. The Morgan fingerprint density at radius 1 is 1.33 bits per heavy atom. The van der Waals surface area contributed by atoms with Crippen LogP contribution in [0.25, 0.3) is 0 Å². The number of benzene rings is 1. The highest BCUT2D eigenvalue weighted by Crippen LogP contribution is 2.19. The summed E-state index contributed by atoms with van der Waals surface area (Å²) in [5.41, 5.74) is 4.70. The van der Waals surface area contributed by atoms with Gasteiger partial charge >= 0.3 is 0 Å². The maximum absolute atomic E-state index is 13.4. The van der Waals surface area contributed by atoms with Crippen molar-refractivity contribution in [2.45, 2.75) is 26.8 Å². The van der Waals surface area contributed by atoms with E-state index in [9.17, 15) is 13.6 Å². The molecule has 1 unspecified atom stereocenters. The lowest BCUT2D eigenvalue weighted by Crippen LogP contribution is -2.48. The van der Waals surface area contributed by atoms with Crippen molar-refractivity contribution in [1.29, 1.82) is 0 Å². The average Bonchev–Trinajstić information content (AvgIpc) is 2.24. The van der Waals surface area contributed by atoms with Crippen LogP contribution in [0.2, 0.25) is 0 Å². The molecule has 0 aliphatic carbocycles. The van der Waals surface area contributed by atoms with E-state index in [1.54, 1.807) is 0 Å². The van der Waals surface area contributed by atoms with Crippen LogP contribution in [0.15, 0.2) is 18.2 Å². The lowest BCUT2D eigenvalue weighted by Gasteiger charge is -2.30. The van der Waals surface area contributed by atoms with Crippen molar-refractivity contribution in [3.63, 3.8) is 0 Å². The Kier molecular flexibility index (Phi) is 4.40. The molecule has 0 aliphatic heterocycles. The predicted octanol–water partition coefficient (Wildman–Crippen LogP) is 2.07. The van der Waals surface area contributed by atoms with Gasteiger partial charge in [0.2, 0.25) is 0 Å². The molecule has 18 heavy (non-hydrogen) atoms. The molecule has 0 fully saturated rings. The molecular formula is C13H18F2N2O. The van der Waals surface area contributed by atoms with E-state index in [2.05, 4.69) is 5.32 Å². The normalized spacial score (nSPS) is 13.2. The van der Waals surface area contributed by atoms with E-state index in [0.717, 1.165) is 12.1 Å². The second kappa shape index (κ2) is 5.44. The van der Waals surface area contributed by atoms with Crippen LogP contribution in [0.5, 0.6) is 0 Å². The van der Waals surface area contributed by atoms with E-state index >= 15 is 0 Å². The van der Waals surface area contributed by atoms with E-state index in [1.807, 2.05) is 20.8 Å². The van der Waals surface area contributed by atoms with Gasteiger partial charge in [0.05, 0.1) is 0 Å². The summed E-state index contributed by atoms with van der Waals surface area (Å²) in [7, 11) is 0. The molecule has 0 saturated carbocycles. The zero-order valence-electron chi connectivity index (χ0n) is 10.8. The first-order valence-electron chi connectivity index (χ1n) is 5.72. The van der Waals surface area contributed by atoms with Crippen molar-refractivity contribution in [1.82, 2.24) is 5.32 Å². The van der Waals surface area contributed by atoms with Gasteiger partial charge in [-0.1, -0.05) is 26.8 Å². The molecule has 1 aromatic rings. The molecule has 0 bridgehead atoms. The molecule has 0 heterocycles. The summed E-state index contributed by atoms with van der Waals surface area (Å²) in [4.78, 5) is 11.9. The van der Waals surface area contributed by atoms with Crippen LogP contribution in [-0.2, 0) is 0 Å². The van der Waals surface area contributed by atoms with Gasteiger partial charge in [-0.3, -0.25) is 4.79 Å². The SMILES string of the molecule is CC(C)(C)C(CN)NC(=O)c1c(F)cccc1F. The highest BCUT2D eigenvalue weighted by Gasteiger charge is 2.27. The van der Waals surface area contributed by atoms with Gasteiger partial charge in [-0.15, -0.1) is 0 Å². The summed E-state index contributed by atoms with van der Waals surface area (Å²) in [6.45, 7) is 5.87. The fourth-order valence-corrected chi connectivity index (χ4v) is 1.57. The van der Waals surface area contributed by atoms with Gasteiger partial charge in [-0.05, 0) is 17.5 Å². The minimum atomic E-state index is -0.878. The Morgan fingerprint density at radius 2 is 1.83 bits per heavy atom. The number of carbonyl (C=O) groups excluding carboxylic acids is 1. The van der Waals surface area contributed by atoms with Gasteiger partial charge in [0, 0.05) is 12.6 Å². The number of amides is 1. The highest BCUT2D eigenvalue weighted by molar-refractivity contribution is 5.95. The van der Waals surface area contributed by atoms with Gasteiger partial charge < -0.3 is 11.1 Å². The van der Waals surface area contributed by atoms with Crippen molar-refractivity contribution in [2.24, 2.45) is 11.1 Å². The molecule has 1 amide bonds. The summed E-state index contributed by atoms with van der Waals surface area (Å²) in [5, 5.41) is 2.56. The number of rotatable bonds is 3. The standard InChI is InChI=1S/C13H18F2N2O/c1-13(2,3)10(7-16)17-12(18)11-8(14)5-4-6-9(11)15/h4-6,10H,7,16H2,1-3H3,(H,17,18). The topological polar surface area (TPSA) is 55.1 Å². The molecule has 0 aromatic heterocycles. The Hall–Kier alpha value is -1.49. The van der Waals surface area contributed by atoms with E-state index in [0.29, 0.717) is 0 Å². The molecule has 0 aliphatic rings. The average molecular weight is 256 g/mol. The molecule has 5 heteroatoms. The second-order valence-electron chi connectivity index (χ2n) is 5.22. The molecule has 100 valence electrons. The summed E-state index contributed by atoms with van der Waals surface area (Å²) in [6.07, 6.45) is 0. The minimum absolute atomic E-state index is 0.200. The zero-order chi connectivity index (χ0) is 13.9. The van der Waals surface area contributed by atoms with Crippen LogP contribution in [0.3, 0.4) is 0 Å².